The fourth-order valence-electron chi connectivity index (χ4n) is 1.69. The summed E-state index contributed by atoms with van der Waals surface area (Å²) in [5.74, 6) is 0. The Bertz CT molecular complexity index is 695. The van der Waals surface area contributed by atoms with Crippen LogP contribution in [0.25, 0.3) is 0 Å². The van der Waals surface area contributed by atoms with Crippen LogP contribution in [-0.2, 0) is 6.54 Å². The second-order valence-corrected chi connectivity index (χ2v) is 5.06. The molecule has 0 amide bonds. The van der Waals surface area contributed by atoms with Gasteiger partial charge in [0.1, 0.15) is 6.07 Å². The first kappa shape index (κ1) is 14.1. The van der Waals surface area contributed by atoms with Crippen LogP contribution in [-0.4, -0.2) is 4.92 Å². The Balaban J connectivity index is 2.41. The van der Waals surface area contributed by atoms with E-state index in [1.165, 1.54) is 17.8 Å². The standard InChI is InChI=1S/C14H11N3O2S/c15-8-10-5-6-13(11(7-10)9-16)20-14-4-2-1-3-12(14)17(18)19/h1-7H,8,15H2. The van der Waals surface area contributed by atoms with Crippen molar-refractivity contribution in [2.45, 2.75) is 16.3 Å². The van der Waals surface area contributed by atoms with E-state index in [1.54, 1.807) is 30.3 Å². The molecule has 6 heteroatoms. The third-order valence-electron chi connectivity index (χ3n) is 2.68. The maximum Gasteiger partial charge on any atom is 0.283 e. The van der Waals surface area contributed by atoms with E-state index < -0.39 is 4.92 Å². The molecule has 0 aromatic heterocycles. The number of nitriles is 1. The molecule has 0 fully saturated rings. The molecule has 0 saturated carbocycles. The minimum absolute atomic E-state index is 0.0318. The summed E-state index contributed by atoms with van der Waals surface area (Å²) in [7, 11) is 0. The zero-order valence-electron chi connectivity index (χ0n) is 10.4. The lowest BCUT2D eigenvalue weighted by molar-refractivity contribution is -0.387. The lowest BCUT2D eigenvalue weighted by atomic mass is 10.1. The Labute approximate surface area is 120 Å². The molecule has 0 unspecified atom stereocenters. The first-order valence-corrected chi connectivity index (χ1v) is 6.61. The van der Waals surface area contributed by atoms with Gasteiger partial charge in [0, 0.05) is 17.5 Å². The second kappa shape index (κ2) is 6.19. The van der Waals surface area contributed by atoms with Crippen LogP contribution in [0.5, 0.6) is 0 Å². The summed E-state index contributed by atoms with van der Waals surface area (Å²) in [6.07, 6.45) is 0. The molecule has 0 aliphatic carbocycles. The largest absolute Gasteiger partial charge is 0.326 e. The highest BCUT2D eigenvalue weighted by molar-refractivity contribution is 7.99. The number of benzene rings is 2. The van der Waals surface area contributed by atoms with Gasteiger partial charge < -0.3 is 5.73 Å². The van der Waals surface area contributed by atoms with E-state index in [9.17, 15) is 10.1 Å². The summed E-state index contributed by atoms with van der Waals surface area (Å²) in [5.41, 5.74) is 6.89. The van der Waals surface area contributed by atoms with Gasteiger partial charge in [-0.1, -0.05) is 30.0 Å². The SMILES string of the molecule is N#Cc1cc(CN)ccc1Sc1ccccc1[N+](=O)[O-]. The summed E-state index contributed by atoms with van der Waals surface area (Å²) in [4.78, 5) is 11.7. The normalized spacial score (nSPS) is 10.0. The highest BCUT2D eigenvalue weighted by Gasteiger charge is 2.15. The van der Waals surface area contributed by atoms with Crippen LogP contribution in [0.1, 0.15) is 11.1 Å². The Morgan fingerprint density at radius 3 is 2.65 bits per heavy atom. The molecule has 0 atom stereocenters. The molecule has 20 heavy (non-hydrogen) atoms. The summed E-state index contributed by atoms with van der Waals surface area (Å²) >= 11 is 1.21. The van der Waals surface area contributed by atoms with Gasteiger partial charge in [0.05, 0.1) is 15.4 Å². The molecule has 2 N–H and O–H groups in total. The van der Waals surface area contributed by atoms with Gasteiger partial charge in [0.25, 0.3) is 5.69 Å². The topological polar surface area (TPSA) is 93.0 Å². The molecule has 0 radical (unpaired) electrons. The van der Waals surface area contributed by atoms with E-state index in [2.05, 4.69) is 6.07 Å². The molecule has 2 aromatic rings. The maximum absolute atomic E-state index is 11.0. The van der Waals surface area contributed by atoms with Crippen LogP contribution in [0.2, 0.25) is 0 Å². The summed E-state index contributed by atoms with van der Waals surface area (Å²) in [6, 6.07) is 13.8. The summed E-state index contributed by atoms with van der Waals surface area (Å²) in [5, 5.41) is 20.1. The van der Waals surface area contributed by atoms with Crippen LogP contribution in [0.3, 0.4) is 0 Å². The summed E-state index contributed by atoms with van der Waals surface area (Å²) < 4.78 is 0. The number of hydrogen-bond acceptors (Lipinski definition) is 5. The van der Waals surface area contributed by atoms with E-state index >= 15 is 0 Å². The Morgan fingerprint density at radius 1 is 1.25 bits per heavy atom. The highest BCUT2D eigenvalue weighted by atomic mass is 32.2. The van der Waals surface area contributed by atoms with Crippen molar-refractivity contribution in [1.82, 2.24) is 0 Å². The lowest BCUT2D eigenvalue weighted by Gasteiger charge is -2.06. The van der Waals surface area contributed by atoms with Gasteiger partial charge >= 0.3 is 0 Å². The smallest absolute Gasteiger partial charge is 0.283 e. The molecule has 100 valence electrons. The molecule has 2 rings (SSSR count). The van der Waals surface area contributed by atoms with Gasteiger partial charge in [-0.3, -0.25) is 10.1 Å². The summed E-state index contributed by atoms with van der Waals surface area (Å²) in [6.45, 7) is 0.352. The van der Waals surface area contributed by atoms with Gasteiger partial charge in [-0.15, -0.1) is 0 Å². The van der Waals surface area contributed by atoms with E-state index in [4.69, 9.17) is 11.0 Å². The average molecular weight is 285 g/mol. The molecule has 0 saturated heterocycles. The van der Waals surface area contributed by atoms with E-state index in [1.807, 2.05) is 6.07 Å². The van der Waals surface area contributed by atoms with Crippen molar-refractivity contribution in [2.24, 2.45) is 5.73 Å². The molecule has 0 aliphatic rings. The molecule has 2 aromatic carbocycles. The first-order valence-electron chi connectivity index (χ1n) is 5.80. The average Bonchev–Trinajstić information content (AvgIpc) is 2.48. The fraction of sp³-hybridized carbons (Fsp3) is 0.0714. The van der Waals surface area contributed by atoms with Crippen molar-refractivity contribution in [3.63, 3.8) is 0 Å². The Kier molecular flexibility index (Phi) is 4.35. The number of nitro groups is 1. The van der Waals surface area contributed by atoms with Crippen LogP contribution >= 0.6 is 11.8 Å². The molecule has 0 spiro atoms. The second-order valence-electron chi connectivity index (χ2n) is 3.97. The van der Waals surface area contributed by atoms with E-state index in [0.717, 1.165) is 5.56 Å². The van der Waals surface area contributed by atoms with Crippen LogP contribution < -0.4 is 5.73 Å². The third kappa shape index (κ3) is 2.96. The fourth-order valence-corrected chi connectivity index (χ4v) is 2.67. The van der Waals surface area contributed by atoms with Crippen molar-refractivity contribution in [2.75, 3.05) is 0 Å². The lowest BCUT2D eigenvalue weighted by Crippen LogP contribution is -1.97. The van der Waals surface area contributed by atoms with Gasteiger partial charge in [-0.05, 0) is 23.8 Å². The van der Waals surface area contributed by atoms with Crippen molar-refractivity contribution >= 4 is 17.4 Å². The minimum atomic E-state index is -0.428. The quantitative estimate of drug-likeness (QED) is 0.688. The molecular formula is C14H11N3O2S. The van der Waals surface area contributed by atoms with Crippen molar-refractivity contribution in [1.29, 1.82) is 5.26 Å². The number of nitrogens with zero attached hydrogens (tertiary/aromatic N) is 2. The highest BCUT2D eigenvalue weighted by Crippen LogP contribution is 2.36. The first-order chi connectivity index (χ1) is 9.65. The van der Waals surface area contributed by atoms with Gasteiger partial charge in [0.2, 0.25) is 0 Å². The number of nitro benzene ring substituents is 1. The predicted octanol–water partition coefficient (Wildman–Crippen LogP) is 3.08. The van der Waals surface area contributed by atoms with Crippen LogP contribution in [0, 0.1) is 21.4 Å². The van der Waals surface area contributed by atoms with Crippen molar-refractivity contribution < 1.29 is 4.92 Å². The number of hydrogen-bond donors (Lipinski definition) is 1. The zero-order chi connectivity index (χ0) is 14.5. The predicted molar refractivity (Wildman–Crippen MR) is 76.3 cm³/mol. The molecule has 0 heterocycles. The van der Waals surface area contributed by atoms with Crippen molar-refractivity contribution in [3.05, 3.63) is 63.7 Å². The van der Waals surface area contributed by atoms with Crippen molar-refractivity contribution in [3.8, 4) is 6.07 Å². The minimum Gasteiger partial charge on any atom is -0.326 e. The van der Waals surface area contributed by atoms with Crippen LogP contribution in [0.15, 0.2) is 52.3 Å². The van der Waals surface area contributed by atoms with Crippen LogP contribution in [0.4, 0.5) is 5.69 Å². The Hall–Kier alpha value is -2.36. The molecular weight excluding hydrogens is 274 g/mol. The molecule has 0 aliphatic heterocycles. The van der Waals surface area contributed by atoms with Gasteiger partial charge in [0.15, 0.2) is 0 Å². The third-order valence-corrected chi connectivity index (χ3v) is 3.82. The van der Waals surface area contributed by atoms with E-state index in [-0.39, 0.29) is 5.69 Å². The van der Waals surface area contributed by atoms with E-state index in [0.29, 0.717) is 21.9 Å². The molecule has 0 bridgehead atoms. The monoisotopic (exact) mass is 285 g/mol. The molecule has 5 nitrogen and oxygen atoms in total. The van der Waals surface area contributed by atoms with Gasteiger partial charge in [-0.2, -0.15) is 5.26 Å². The number of rotatable bonds is 4. The zero-order valence-corrected chi connectivity index (χ0v) is 11.3. The number of para-hydroxylation sites is 1. The maximum atomic E-state index is 11.0. The number of nitrogens with two attached hydrogens (primary N) is 1. The van der Waals surface area contributed by atoms with Gasteiger partial charge in [-0.25, -0.2) is 0 Å². The Morgan fingerprint density at radius 2 is 2.00 bits per heavy atom.